The molecule has 10 heterocycles. The quantitative estimate of drug-likeness (QED) is 0.0204. The van der Waals surface area contributed by atoms with Crippen LogP contribution in [0.5, 0.6) is 11.5 Å². The molecule has 0 aliphatic carbocycles. The number of anilines is 10. The number of ether oxygens (including phenoxy) is 2. The molecule has 0 bridgehead atoms. The molecule has 19 rings (SSSR count). The van der Waals surface area contributed by atoms with Gasteiger partial charge in [-0.1, -0.05) is 41.9 Å². The number of sulfonamides is 5. The van der Waals surface area contributed by atoms with E-state index in [1.165, 1.54) is 170 Å². The number of nitrogens with zero attached hydrogens (tertiary/aromatic N) is 10. The Morgan fingerprint density at radius 1 is 0.338 bits per heavy atom. The molecule has 37 nitrogen and oxygen atoms in total. The number of amides is 5. The first-order valence-corrected chi connectivity index (χ1v) is 54.1. The summed E-state index contributed by atoms with van der Waals surface area (Å²) in [6.07, 6.45) is 8.71. The topological polar surface area (TPSA) is 524 Å². The summed E-state index contributed by atoms with van der Waals surface area (Å²) in [6, 6.07) is 49.7. The summed E-state index contributed by atoms with van der Waals surface area (Å²) in [4.78, 5) is 101. The van der Waals surface area contributed by atoms with Gasteiger partial charge < -0.3 is 36.1 Å². The molecule has 0 saturated carbocycles. The summed E-state index contributed by atoms with van der Waals surface area (Å²) in [5.74, 6) is -6.75. The Morgan fingerprint density at radius 3 is 1.01 bits per heavy atom. The lowest BCUT2D eigenvalue weighted by Crippen LogP contribution is -2.30. The fourth-order valence-corrected chi connectivity index (χ4v) is 23.5. The molecule has 1 unspecified atom stereocenters. The normalized spacial score (nSPS) is 11.7. The Morgan fingerprint density at radius 2 is 0.662 bits per heavy atom. The maximum atomic E-state index is 13.9. The second kappa shape index (κ2) is 46.4. The van der Waals surface area contributed by atoms with Crippen LogP contribution >= 0.6 is 68.3 Å². The molecule has 148 heavy (non-hydrogen) atoms. The van der Waals surface area contributed by atoms with Crippen LogP contribution in [0.4, 0.5) is 84.8 Å². The number of carbonyl (C=O) groups excluding carboxylic acids is 5. The van der Waals surface area contributed by atoms with E-state index in [1.54, 1.807) is 99.8 Å². The molecular weight excluding hydrogens is 2160 g/mol. The van der Waals surface area contributed by atoms with Gasteiger partial charge in [0.2, 0.25) is 0 Å². The average Bonchev–Trinajstić information content (AvgIpc) is 0.934. The molecule has 0 radical (unpaired) electrons. The maximum absolute atomic E-state index is 13.9. The Labute approximate surface area is 858 Å². The van der Waals surface area contributed by atoms with E-state index in [0.29, 0.717) is 38.8 Å². The largest absolute Gasteiger partial charge is 0.484 e. The molecule has 756 valence electrons. The van der Waals surface area contributed by atoms with Crippen LogP contribution < -0.4 is 59.7 Å². The lowest BCUT2D eigenvalue weighted by atomic mass is 10.1. The van der Waals surface area contributed by atoms with Crippen LogP contribution in [-0.4, -0.2) is 140 Å². The molecule has 10 aromatic heterocycles. The van der Waals surface area contributed by atoms with Gasteiger partial charge in [-0.15, -0.1) is 56.7 Å². The second-order valence-corrected chi connectivity index (χ2v) is 42.8. The SMILES string of the molecule is CC(Oc1ccccc1)C(=O)Nc1ccc(S(=O)(=O)Nc2nccs2)c2cccnc12.O=C(COc1ccc(F)c(Cl)c1)Nc1ccc(S(=O)(=O)Nc2nccs2)c2cccnc12.O=C(Nc1ccc(S(=O)(=O)Nc2nccs2)c2cccnc12)C(F)(F)F.O=C(Nc1ccc(S(=O)(=O)Nc2nccs2)c2cccnc12)c1cc(F)ccc1F.O=C(Nc1ccc(S(=O)(=O)Nc2nccs2)c2cccnc12)c1ccccc1F. The number of alkyl halides is 3. The van der Waals surface area contributed by atoms with Crippen LogP contribution in [0.15, 0.2) is 326 Å². The number of benzene rings is 9. The van der Waals surface area contributed by atoms with Crippen molar-refractivity contribution in [2.45, 2.75) is 43.7 Å². The number of para-hydroxylation sites is 1. The van der Waals surface area contributed by atoms with Crippen molar-refractivity contribution in [3.63, 3.8) is 0 Å². The highest BCUT2D eigenvalue weighted by Gasteiger charge is 2.40. The molecule has 0 fully saturated rings. The van der Waals surface area contributed by atoms with E-state index in [0.717, 1.165) is 81.7 Å². The minimum absolute atomic E-state index is 0.00833. The maximum Gasteiger partial charge on any atom is 0.471 e. The first-order chi connectivity index (χ1) is 70.8. The number of hydrogen-bond donors (Lipinski definition) is 10. The Balaban J connectivity index is 0.000000139. The molecule has 0 saturated heterocycles. The summed E-state index contributed by atoms with van der Waals surface area (Å²) in [7, 11) is -19.8. The van der Waals surface area contributed by atoms with E-state index in [2.05, 4.69) is 94.7 Å². The highest BCUT2D eigenvalue weighted by Crippen LogP contribution is 2.38. The van der Waals surface area contributed by atoms with Crippen molar-refractivity contribution in [3.8, 4) is 11.5 Å². The smallest absolute Gasteiger partial charge is 0.471 e. The van der Waals surface area contributed by atoms with Gasteiger partial charge >= 0.3 is 12.1 Å². The number of nitrogens with one attached hydrogen (secondary N) is 10. The molecule has 5 amide bonds. The van der Waals surface area contributed by atoms with Gasteiger partial charge in [0.1, 0.15) is 34.8 Å². The number of aromatic nitrogens is 10. The molecule has 1 atom stereocenters. The zero-order valence-corrected chi connectivity index (χ0v) is 83.6. The van der Waals surface area contributed by atoms with Crippen LogP contribution in [0.1, 0.15) is 27.6 Å². The van der Waals surface area contributed by atoms with Gasteiger partial charge in [-0.2, -0.15) is 13.2 Å². The van der Waals surface area contributed by atoms with Gasteiger partial charge in [0.15, 0.2) is 38.4 Å². The molecule has 9 aromatic carbocycles. The van der Waals surface area contributed by atoms with Gasteiger partial charge in [0.25, 0.3) is 73.7 Å². The first-order valence-electron chi connectivity index (χ1n) is 41.9. The van der Waals surface area contributed by atoms with E-state index in [4.69, 9.17) is 21.1 Å². The van der Waals surface area contributed by atoms with Crippen molar-refractivity contribution in [2.75, 3.05) is 56.8 Å². The van der Waals surface area contributed by atoms with Crippen LogP contribution in [0.3, 0.4) is 0 Å². The van der Waals surface area contributed by atoms with E-state index >= 15 is 0 Å². The van der Waals surface area contributed by atoms with Crippen molar-refractivity contribution < 1.29 is 106 Å². The molecular formula is C93H66ClF7N20O17S10. The number of fused-ring (bicyclic) bond motifs is 5. The summed E-state index contributed by atoms with van der Waals surface area (Å²) < 4.78 is 243. The molecule has 0 aliphatic rings. The Bertz CT molecular complexity index is 8790. The fourth-order valence-electron chi connectivity index (χ4n) is 13.4. The van der Waals surface area contributed by atoms with E-state index in [9.17, 15) is 96.8 Å². The van der Waals surface area contributed by atoms with Gasteiger partial charge in [0, 0.05) is 122 Å². The van der Waals surface area contributed by atoms with Gasteiger partial charge in [0.05, 0.1) is 96.6 Å². The third-order valence-corrected chi connectivity index (χ3v) is 31.2. The first kappa shape index (κ1) is 106. The van der Waals surface area contributed by atoms with E-state index < -0.39 is 115 Å². The molecule has 10 N–H and O–H groups in total. The summed E-state index contributed by atoms with van der Waals surface area (Å²) in [5, 5.41) is 22.6. The van der Waals surface area contributed by atoms with E-state index in [-0.39, 0.29) is 129 Å². The van der Waals surface area contributed by atoms with Crippen molar-refractivity contribution in [1.82, 2.24) is 49.8 Å². The second-order valence-electron chi connectivity index (χ2n) is 29.7. The summed E-state index contributed by atoms with van der Waals surface area (Å²) >= 11 is 11.4. The third-order valence-electron chi connectivity index (χ3n) is 19.9. The number of pyridine rings is 5. The predicted molar refractivity (Wildman–Crippen MR) is 547 cm³/mol. The number of hydrogen-bond acceptors (Lipinski definition) is 32. The molecule has 19 aromatic rings. The highest BCUT2D eigenvalue weighted by molar-refractivity contribution is 7.94. The van der Waals surface area contributed by atoms with Gasteiger partial charge in [-0.25, -0.2) is 84.6 Å². The average molecular weight is 2220 g/mol. The Kier molecular flexibility index (Phi) is 33.2. The Hall–Kier alpha value is -16.3. The number of halogens is 8. The van der Waals surface area contributed by atoms with Crippen molar-refractivity contribution in [1.29, 1.82) is 0 Å². The monoisotopic (exact) mass is 2220 g/mol. The lowest BCUT2D eigenvalue weighted by Gasteiger charge is -2.16. The minimum Gasteiger partial charge on any atom is -0.484 e. The fraction of sp³-hybridized carbons (Fsp3) is 0.0430. The van der Waals surface area contributed by atoms with Crippen molar-refractivity contribution >= 4 is 257 Å². The van der Waals surface area contributed by atoms with Crippen molar-refractivity contribution in [2.24, 2.45) is 0 Å². The molecule has 0 spiro atoms. The van der Waals surface area contributed by atoms with Crippen LogP contribution in [0.2, 0.25) is 5.02 Å². The summed E-state index contributed by atoms with van der Waals surface area (Å²) in [5.41, 5.74) is 1.22. The predicted octanol–water partition coefficient (Wildman–Crippen LogP) is 19.1. The van der Waals surface area contributed by atoms with Gasteiger partial charge in [-0.05, 0) is 183 Å². The van der Waals surface area contributed by atoms with Crippen molar-refractivity contribution in [3.05, 3.63) is 341 Å². The number of rotatable bonds is 28. The third kappa shape index (κ3) is 26.3. The zero-order valence-electron chi connectivity index (χ0n) is 74.7. The molecule has 0 aliphatic heterocycles. The summed E-state index contributed by atoms with van der Waals surface area (Å²) in [6.45, 7) is 1.26. The van der Waals surface area contributed by atoms with Crippen LogP contribution in [0, 0.1) is 23.3 Å². The lowest BCUT2D eigenvalue weighted by molar-refractivity contribution is -0.167. The number of thiazole rings is 5. The standard InChI is InChI=1S/C21H18N4O4S2.C20H14ClFN4O4S2.C19H12F2N4O3S2.C19H13FN4O3S2.C14H9F3N4O3S2/c1-14(29-15-6-3-2-4-7-15)20(26)24-17-9-10-18(16-8-5-11-22-19(16)17)31(27,28)25-21-23-12-13-30-21;21-14-10-12(3-4-15(14)22)30-11-18(27)25-16-5-6-17(13-2-1-7-23-19(13)16)32(28,29)26-20-24-8-9-31-20;20-11-3-4-14(21)13(10-11)18(26)24-15-5-6-16(12-2-1-7-22-17(12)15)30(27,28)25-19-23-8-9-29-19;20-14-6-2-1-4-12(14)18(25)23-15-7-8-16(13-5-3-9-21-17(13)15)29(26,27)24-19-22-10-11-28-19;15-14(16,17)12(22)20-9-3-4-10(8-2-1-5-18-11(8)9)26(23,24)21-13-19-6-7-25-13/h2-14H,1H3,(H,23,25)(H,24,26);1-10H,11H2,(H,24,26)(H,25,27);1-10H,(H,23,25)(H,24,26);1-11H,(H,22,24)(H,23,25);1-7H,(H,19,21)(H,20,22). The molecule has 55 heteroatoms. The zero-order chi connectivity index (χ0) is 105. The van der Waals surface area contributed by atoms with E-state index in [1.807, 2.05) is 18.2 Å². The number of carbonyl (C=O) groups is 5. The minimum atomic E-state index is -5.09. The highest BCUT2D eigenvalue weighted by atomic mass is 35.5. The van der Waals surface area contributed by atoms with Gasteiger partial charge in [-0.3, -0.25) is 72.5 Å². The van der Waals surface area contributed by atoms with Crippen LogP contribution in [0.25, 0.3) is 54.5 Å². The van der Waals surface area contributed by atoms with Crippen LogP contribution in [-0.2, 0) is 64.5 Å².